The molecule has 26 heavy (non-hydrogen) atoms. The zero-order valence-corrected chi connectivity index (χ0v) is 14.8. The van der Waals surface area contributed by atoms with Gasteiger partial charge in [-0.25, -0.2) is 4.98 Å². The minimum absolute atomic E-state index is 0.122. The molecule has 130 valence electrons. The molecule has 2 heterocycles. The van der Waals surface area contributed by atoms with Crippen LogP contribution in [0.1, 0.15) is 29.1 Å². The summed E-state index contributed by atoms with van der Waals surface area (Å²) in [5.74, 6) is -0.270. The SMILES string of the molecule is CC(=O)N(c1ccccc1)c1nc([C@H]2NC(=O)c3ccccc3N2)cs1. The first-order valence-electron chi connectivity index (χ1n) is 8.11. The largest absolute Gasteiger partial charge is 0.360 e. The number of thiazole rings is 1. The van der Waals surface area contributed by atoms with Crippen molar-refractivity contribution >= 4 is 39.7 Å². The standard InChI is InChI=1S/C19H16N4O2S/c1-12(24)23(13-7-3-2-4-8-13)19-21-16(11-26-19)17-20-15-10-6-5-9-14(15)18(25)22-17/h2-11,17,20H,1H3,(H,22,25)/t17-/m1/s1. The van der Waals surface area contributed by atoms with E-state index in [0.29, 0.717) is 16.4 Å². The average molecular weight is 364 g/mol. The summed E-state index contributed by atoms with van der Waals surface area (Å²) in [5.41, 5.74) is 2.79. The van der Waals surface area contributed by atoms with Gasteiger partial charge in [-0.3, -0.25) is 14.5 Å². The van der Waals surface area contributed by atoms with Crippen molar-refractivity contribution in [3.63, 3.8) is 0 Å². The van der Waals surface area contributed by atoms with Crippen molar-refractivity contribution < 1.29 is 9.59 Å². The van der Waals surface area contributed by atoms with E-state index in [4.69, 9.17) is 0 Å². The number of hydrogen-bond donors (Lipinski definition) is 2. The van der Waals surface area contributed by atoms with Gasteiger partial charge in [0, 0.05) is 18.0 Å². The molecule has 0 saturated carbocycles. The lowest BCUT2D eigenvalue weighted by Crippen LogP contribution is -2.38. The number of para-hydroxylation sites is 2. The summed E-state index contributed by atoms with van der Waals surface area (Å²) in [6, 6.07) is 16.7. The number of rotatable bonds is 3. The van der Waals surface area contributed by atoms with Crippen molar-refractivity contribution in [2.75, 3.05) is 10.2 Å². The number of fused-ring (bicyclic) bond motifs is 1. The maximum Gasteiger partial charge on any atom is 0.255 e. The molecule has 0 spiro atoms. The molecule has 0 fully saturated rings. The van der Waals surface area contributed by atoms with E-state index >= 15 is 0 Å². The molecular weight excluding hydrogens is 348 g/mol. The van der Waals surface area contributed by atoms with Gasteiger partial charge < -0.3 is 10.6 Å². The van der Waals surface area contributed by atoms with Gasteiger partial charge in [-0.05, 0) is 24.3 Å². The number of hydrogen-bond acceptors (Lipinski definition) is 5. The molecule has 0 bridgehead atoms. The lowest BCUT2D eigenvalue weighted by molar-refractivity contribution is -0.115. The Morgan fingerprint density at radius 3 is 2.58 bits per heavy atom. The quantitative estimate of drug-likeness (QED) is 0.743. The van der Waals surface area contributed by atoms with Gasteiger partial charge in [0.25, 0.3) is 5.91 Å². The highest BCUT2D eigenvalue weighted by Crippen LogP contribution is 2.32. The van der Waals surface area contributed by atoms with Gasteiger partial charge in [-0.1, -0.05) is 30.3 Å². The summed E-state index contributed by atoms with van der Waals surface area (Å²) >= 11 is 1.36. The highest BCUT2D eigenvalue weighted by Gasteiger charge is 2.27. The molecule has 4 rings (SSSR count). The molecule has 0 radical (unpaired) electrons. The monoisotopic (exact) mass is 364 g/mol. The highest BCUT2D eigenvalue weighted by molar-refractivity contribution is 7.14. The van der Waals surface area contributed by atoms with Crippen molar-refractivity contribution in [1.29, 1.82) is 0 Å². The molecule has 1 atom stereocenters. The van der Waals surface area contributed by atoms with Crippen LogP contribution in [-0.2, 0) is 4.79 Å². The van der Waals surface area contributed by atoms with E-state index in [1.54, 1.807) is 11.0 Å². The second kappa shape index (κ2) is 6.61. The second-order valence-corrected chi connectivity index (χ2v) is 6.68. The number of benzene rings is 2. The lowest BCUT2D eigenvalue weighted by Gasteiger charge is -2.26. The molecule has 2 N–H and O–H groups in total. The fourth-order valence-corrected chi connectivity index (χ4v) is 3.78. The molecule has 7 heteroatoms. The predicted molar refractivity (Wildman–Crippen MR) is 102 cm³/mol. The minimum atomic E-state index is -0.438. The van der Waals surface area contributed by atoms with Crippen LogP contribution in [0.2, 0.25) is 0 Å². The maximum absolute atomic E-state index is 12.3. The van der Waals surface area contributed by atoms with Gasteiger partial charge in [-0.15, -0.1) is 11.3 Å². The fourth-order valence-electron chi connectivity index (χ4n) is 2.87. The van der Waals surface area contributed by atoms with E-state index in [9.17, 15) is 9.59 Å². The third-order valence-electron chi connectivity index (χ3n) is 4.07. The van der Waals surface area contributed by atoms with E-state index < -0.39 is 6.17 Å². The van der Waals surface area contributed by atoms with Gasteiger partial charge in [0.2, 0.25) is 5.91 Å². The van der Waals surface area contributed by atoms with Crippen LogP contribution >= 0.6 is 11.3 Å². The number of carbonyl (C=O) groups excluding carboxylic acids is 2. The topological polar surface area (TPSA) is 74.3 Å². The summed E-state index contributed by atoms with van der Waals surface area (Å²) in [4.78, 5) is 30.6. The number of nitrogens with one attached hydrogen (secondary N) is 2. The summed E-state index contributed by atoms with van der Waals surface area (Å²) in [5, 5.41) is 8.59. The average Bonchev–Trinajstić information content (AvgIpc) is 3.12. The van der Waals surface area contributed by atoms with Crippen molar-refractivity contribution in [1.82, 2.24) is 10.3 Å². The summed E-state index contributed by atoms with van der Waals surface area (Å²) < 4.78 is 0. The van der Waals surface area contributed by atoms with Crippen LogP contribution in [0.25, 0.3) is 0 Å². The lowest BCUT2D eigenvalue weighted by atomic mass is 10.1. The van der Waals surface area contributed by atoms with Crippen LogP contribution < -0.4 is 15.5 Å². The Labute approximate surface area is 154 Å². The van der Waals surface area contributed by atoms with E-state index in [-0.39, 0.29) is 11.8 Å². The zero-order valence-electron chi connectivity index (χ0n) is 14.0. The van der Waals surface area contributed by atoms with Crippen LogP contribution in [0.4, 0.5) is 16.5 Å². The van der Waals surface area contributed by atoms with Gasteiger partial charge in [0.15, 0.2) is 5.13 Å². The van der Waals surface area contributed by atoms with Crippen molar-refractivity contribution in [3.8, 4) is 0 Å². The number of aromatic nitrogens is 1. The normalized spacial score (nSPS) is 15.6. The summed E-state index contributed by atoms with van der Waals surface area (Å²) in [7, 11) is 0. The first kappa shape index (κ1) is 16.3. The third-order valence-corrected chi connectivity index (χ3v) is 4.92. The number of amides is 2. The van der Waals surface area contributed by atoms with Crippen LogP contribution in [-0.4, -0.2) is 16.8 Å². The number of carbonyl (C=O) groups is 2. The van der Waals surface area contributed by atoms with Crippen LogP contribution in [0.5, 0.6) is 0 Å². The smallest absolute Gasteiger partial charge is 0.255 e. The Balaban J connectivity index is 1.64. The molecule has 1 aliphatic heterocycles. The van der Waals surface area contributed by atoms with Crippen molar-refractivity contribution in [2.45, 2.75) is 13.1 Å². The summed E-state index contributed by atoms with van der Waals surface area (Å²) in [6.07, 6.45) is -0.438. The molecule has 3 aromatic rings. The van der Waals surface area contributed by atoms with Gasteiger partial charge in [0.1, 0.15) is 6.17 Å². The van der Waals surface area contributed by atoms with E-state index in [1.807, 2.05) is 53.9 Å². The minimum Gasteiger partial charge on any atom is -0.360 e. The van der Waals surface area contributed by atoms with E-state index in [2.05, 4.69) is 15.6 Å². The van der Waals surface area contributed by atoms with Crippen molar-refractivity contribution in [3.05, 3.63) is 71.2 Å². The third kappa shape index (κ3) is 2.93. The Morgan fingerprint density at radius 1 is 1.08 bits per heavy atom. The Hall–Kier alpha value is -3.19. The number of nitrogens with zero attached hydrogens (tertiary/aromatic N) is 2. The molecular formula is C19H16N4O2S. The van der Waals surface area contributed by atoms with E-state index in [1.165, 1.54) is 18.3 Å². The Bertz CT molecular complexity index is 970. The number of anilines is 3. The van der Waals surface area contributed by atoms with Crippen LogP contribution in [0.3, 0.4) is 0 Å². The molecule has 6 nitrogen and oxygen atoms in total. The first-order chi connectivity index (χ1) is 12.6. The molecule has 0 unspecified atom stereocenters. The van der Waals surface area contributed by atoms with Crippen LogP contribution in [0, 0.1) is 0 Å². The molecule has 0 saturated heterocycles. The van der Waals surface area contributed by atoms with Gasteiger partial charge in [-0.2, -0.15) is 0 Å². The molecule has 2 amide bonds. The summed E-state index contributed by atoms with van der Waals surface area (Å²) in [6.45, 7) is 1.50. The van der Waals surface area contributed by atoms with E-state index in [0.717, 1.165) is 11.4 Å². The van der Waals surface area contributed by atoms with Crippen LogP contribution in [0.15, 0.2) is 60.0 Å². The predicted octanol–water partition coefficient (Wildman–Crippen LogP) is 3.68. The highest BCUT2D eigenvalue weighted by atomic mass is 32.1. The molecule has 1 aliphatic rings. The zero-order chi connectivity index (χ0) is 18.1. The van der Waals surface area contributed by atoms with Gasteiger partial charge in [0.05, 0.1) is 16.9 Å². The Kier molecular flexibility index (Phi) is 4.14. The van der Waals surface area contributed by atoms with Crippen molar-refractivity contribution in [2.24, 2.45) is 0 Å². The molecule has 0 aliphatic carbocycles. The van der Waals surface area contributed by atoms with Gasteiger partial charge >= 0.3 is 0 Å². The molecule has 2 aromatic carbocycles. The first-order valence-corrected chi connectivity index (χ1v) is 8.99. The fraction of sp³-hybridized carbons (Fsp3) is 0.105. The maximum atomic E-state index is 12.3. The molecule has 1 aromatic heterocycles. The Morgan fingerprint density at radius 2 is 1.81 bits per heavy atom. The second-order valence-electron chi connectivity index (χ2n) is 5.84.